The Bertz CT molecular complexity index is 225. The normalized spacial score (nSPS) is 21.8. The largest absolute Gasteiger partial charge is 0.382 e. The number of amides is 1. The van der Waals surface area contributed by atoms with E-state index in [2.05, 4.69) is 10.6 Å². The summed E-state index contributed by atoms with van der Waals surface area (Å²) in [5.74, 6) is 0.00995. The van der Waals surface area contributed by atoms with Crippen molar-refractivity contribution in [1.29, 1.82) is 0 Å². The van der Waals surface area contributed by atoms with Gasteiger partial charge in [0.15, 0.2) is 0 Å². The molecule has 1 amide bonds. The molecular formula is C11H22N2O3. The Balaban J connectivity index is 2.28. The maximum atomic E-state index is 11.7. The average Bonchev–Trinajstić information content (AvgIpc) is 2.17. The van der Waals surface area contributed by atoms with Crippen molar-refractivity contribution in [1.82, 2.24) is 10.6 Å². The highest BCUT2D eigenvalue weighted by Crippen LogP contribution is 2.06. The average molecular weight is 230 g/mol. The predicted octanol–water partition coefficient (Wildman–Crippen LogP) is -0.0939. The molecule has 16 heavy (non-hydrogen) atoms. The van der Waals surface area contributed by atoms with E-state index in [-0.39, 0.29) is 17.6 Å². The number of carbonyl (C=O) groups excluding carboxylic acids is 1. The van der Waals surface area contributed by atoms with E-state index in [1.54, 1.807) is 7.11 Å². The monoisotopic (exact) mass is 230 g/mol. The van der Waals surface area contributed by atoms with Crippen LogP contribution < -0.4 is 10.6 Å². The molecule has 1 saturated heterocycles. The SMILES string of the molecule is COCC(C)(C)NC(=O)CC1CNCCO1. The first-order chi connectivity index (χ1) is 7.53. The van der Waals surface area contributed by atoms with E-state index in [4.69, 9.17) is 9.47 Å². The van der Waals surface area contributed by atoms with Gasteiger partial charge in [0.2, 0.25) is 5.91 Å². The summed E-state index contributed by atoms with van der Waals surface area (Å²) >= 11 is 0. The number of hydrogen-bond acceptors (Lipinski definition) is 4. The van der Waals surface area contributed by atoms with Crippen LogP contribution in [0.5, 0.6) is 0 Å². The maximum Gasteiger partial charge on any atom is 0.223 e. The summed E-state index contributed by atoms with van der Waals surface area (Å²) in [6, 6.07) is 0. The lowest BCUT2D eigenvalue weighted by Crippen LogP contribution is -2.49. The van der Waals surface area contributed by atoms with Crippen LogP contribution in [0.25, 0.3) is 0 Å². The van der Waals surface area contributed by atoms with E-state index < -0.39 is 0 Å². The molecule has 0 aliphatic carbocycles. The van der Waals surface area contributed by atoms with Crippen LogP contribution in [0.1, 0.15) is 20.3 Å². The van der Waals surface area contributed by atoms with Gasteiger partial charge in [-0.3, -0.25) is 4.79 Å². The van der Waals surface area contributed by atoms with Crippen LogP contribution in [0.3, 0.4) is 0 Å². The van der Waals surface area contributed by atoms with Gasteiger partial charge in [0.05, 0.1) is 31.3 Å². The first-order valence-electron chi connectivity index (χ1n) is 5.66. The lowest BCUT2D eigenvalue weighted by Gasteiger charge is -2.28. The van der Waals surface area contributed by atoms with E-state index in [9.17, 15) is 4.79 Å². The van der Waals surface area contributed by atoms with Crippen molar-refractivity contribution < 1.29 is 14.3 Å². The highest BCUT2D eigenvalue weighted by molar-refractivity contribution is 5.77. The lowest BCUT2D eigenvalue weighted by atomic mass is 10.1. The molecule has 1 aliphatic heterocycles. The molecule has 1 unspecified atom stereocenters. The minimum atomic E-state index is -0.325. The molecule has 0 aromatic rings. The summed E-state index contributed by atoms with van der Waals surface area (Å²) in [6.07, 6.45) is 0.396. The van der Waals surface area contributed by atoms with Crippen molar-refractivity contribution in [3.8, 4) is 0 Å². The number of rotatable bonds is 5. The molecular weight excluding hydrogens is 208 g/mol. The Morgan fingerprint density at radius 2 is 2.38 bits per heavy atom. The molecule has 0 radical (unpaired) electrons. The molecule has 0 aromatic carbocycles. The Kier molecular flexibility index (Phi) is 5.18. The first-order valence-corrected chi connectivity index (χ1v) is 5.66. The molecule has 0 spiro atoms. The second kappa shape index (κ2) is 6.18. The van der Waals surface area contributed by atoms with Crippen LogP contribution >= 0.6 is 0 Å². The second-order valence-electron chi connectivity index (χ2n) is 4.77. The molecule has 1 fully saturated rings. The molecule has 0 saturated carbocycles. The molecule has 5 heteroatoms. The molecule has 5 nitrogen and oxygen atoms in total. The van der Waals surface area contributed by atoms with Crippen molar-refractivity contribution in [2.24, 2.45) is 0 Å². The van der Waals surface area contributed by atoms with E-state index in [1.165, 1.54) is 0 Å². The van der Waals surface area contributed by atoms with Crippen molar-refractivity contribution >= 4 is 5.91 Å². The van der Waals surface area contributed by atoms with Gasteiger partial charge < -0.3 is 20.1 Å². The van der Waals surface area contributed by atoms with Gasteiger partial charge in [-0.25, -0.2) is 0 Å². The van der Waals surface area contributed by atoms with E-state index >= 15 is 0 Å². The molecule has 1 rings (SSSR count). The molecule has 2 N–H and O–H groups in total. The molecule has 94 valence electrons. The number of hydrogen-bond donors (Lipinski definition) is 2. The zero-order valence-electron chi connectivity index (χ0n) is 10.3. The van der Waals surface area contributed by atoms with Crippen LogP contribution in [-0.2, 0) is 14.3 Å². The van der Waals surface area contributed by atoms with Crippen molar-refractivity contribution in [3.05, 3.63) is 0 Å². The zero-order chi connectivity index (χ0) is 12.0. The Morgan fingerprint density at radius 1 is 1.62 bits per heavy atom. The van der Waals surface area contributed by atoms with Crippen LogP contribution in [0.2, 0.25) is 0 Å². The third-order valence-corrected chi connectivity index (χ3v) is 2.40. The fourth-order valence-electron chi connectivity index (χ4n) is 1.78. The highest BCUT2D eigenvalue weighted by atomic mass is 16.5. The van der Waals surface area contributed by atoms with E-state index in [0.29, 0.717) is 19.6 Å². The van der Waals surface area contributed by atoms with Gasteiger partial charge in [0, 0.05) is 20.2 Å². The van der Waals surface area contributed by atoms with Gasteiger partial charge in [0.1, 0.15) is 0 Å². The summed E-state index contributed by atoms with van der Waals surface area (Å²) in [5.41, 5.74) is -0.325. The number of ether oxygens (including phenoxy) is 2. The molecule has 1 heterocycles. The van der Waals surface area contributed by atoms with Gasteiger partial charge in [-0.15, -0.1) is 0 Å². The number of methoxy groups -OCH3 is 1. The van der Waals surface area contributed by atoms with Gasteiger partial charge in [-0.05, 0) is 13.8 Å². The van der Waals surface area contributed by atoms with Crippen molar-refractivity contribution in [3.63, 3.8) is 0 Å². The highest BCUT2D eigenvalue weighted by Gasteiger charge is 2.23. The summed E-state index contributed by atoms with van der Waals surface area (Å²) < 4.78 is 10.5. The Morgan fingerprint density at radius 3 is 2.94 bits per heavy atom. The molecule has 1 atom stereocenters. The van der Waals surface area contributed by atoms with E-state index in [0.717, 1.165) is 13.1 Å². The van der Waals surface area contributed by atoms with Gasteiger partial charge in [-0.1, -0.05) is 0 Å². The van der Waals surface area contributed by atoms with Crippen LogP contribution in [0, 0.1) is 0 Å². The Labute approximate surface area is 96.9 Å². The lowest BCUT2D eigenvalue weighted by molar-refractivity contribution is -0.126. The van der Waals surface area contributed by atoms with Gasteiger partial charge >= 0.3 is 0 Å². The first kappa shape index (κ1) is 13.4. The summed E-state index contributed by atoms with van der Waals surface area (Å²) in [7, 11) is 1.63. The fourth-order valence-corrected chi connectivity index (χ4v) is 1.78. The Hall–Kier alpha value is -0.650. The zero-order valence-corrected chi connectivity index (χ0v) is 10.3. The second-order valence-corrected chi connectivity index (χ2v) is 4.77. The van der Waals surface area contributed by atoms with Crippen LogP contribution in [-0.4, -0.2) is 51.0 Å². The van der Waals surface area contributed by atoms with Gasteiger partial charge in [-0.2, -0.15) is 0 Å². The smallest absolute Gasteiger partial charge is 0.223 e. The fraction of sp³-hybridized carbons (Fsp3) is 0.909. The maximum absolute atomic E-state index is 11.7. The third-order valence-electron chi connectivity index (χ3n) is 2.40. The predicted molar refractivity (Wildman–Crippen MR) is 61.3 cm³/mol. The number of carbonyl (C=O) groups is 1. The topological polar surface area (TPSA) is 59.6 Å². The molecule has 0 aromatic heterocycles. The number of nitrogens with one attached hydrogen (secondary N) is 2. The summed E-state index contributed by atoms with van der Waals surface area (Å²) in [4.78, 5) is 11.7. The summed E-state index contributed by atoms with van der Waals surface area (Å²) in [5, 5.41) is 6.13. The standard InChI is InChI=1S/C11H22N2O3/c1-11(2,8-15-3)13-10(14)6-9-7-12-4-5-16-9/h9,12H,4-8H2,1-3H3,(H,13,14). The van der Waals surface area contributed by atoms with Crippen molar-refractivity contribution in [2.45, 2.75) is 31.9 Å². The number of morpholine rings is 1. The minimum Gasteiger partial charge on any atom is -0.382 e. The van der Waals surface area contributed by atoms with Crippen LogP contribution in [0.15, 0.2) is 0 Å². The summed E-state index contributed by atoms with van der Waals surface area (Å²) in [6.45, 7) is 6.68. The third kappa shape index (κ3) is 4.92. The minimum absolute atomic E-state index is 0.00732. The van der Waals surface area contributed by atoms with Crippen LogP contribution in [0.4, 0.5) is 0 Å². The van der Waals surface area contributed by atoms with E-state index in [1.807, 2.05) is 13.8 Å². The van der Waals surface area contributed by atoms with Gasteiger partial charge in [0.25, 0.3) is 0 Å². The quantitative estimate of drug-likeness (QED) is 0.693. The molecule has 1 aliphatic rings. The van der Waals surface area contributed by atoms with Crippen molar-refractivity contribution in [2.75, 3.05) is 33.4 Å². The molecule has 0 bridgehead atoms.